The third-order valence-corrected chi connectivity index (χ3v) is 5.78. The molecule has 4 rings (SSSR count). The molecule has 2 N–H and O–H groups in total. The number of carbonyl (C=O) groups is 2. The minimum atomic E-state index is -1.38. The summed E-state index contributed by atoms with van der Waals surface area (Å²) in [6.07, 6.45) is 2.35. The zero-order valence-corrected chi connectivity index (χ0v) is 20.0. The van der Waals surface area contributed by atoms with Crippen LogP contribution in [0.1, 0.15) is 43.3 Å². The molecule has 0 aliphatic heterocycles. The van der Waals surface area contributed by atoms with E-state index in [9.17, 15) is 27.7 Å². The molecule has 1 aliphatic rings. The summed E-state index contributed by atoms with van der Waals surface area (Å²) in [5, 5.41) is 14.6. The first-order valence-electron chi connectivity index (χ1n) is 11.6. The summed E-state index contributed by atoms with van der Waals surface area (Å²) in [5.74, 6) is -5.29. The van der Waals surface area contributed by atoms with Gasteiger partial charge in [-0.25, -0.2) is 13.2 Å². The Kier molecular flexibility index (Phi) is 8.19. The lowest BCUT2D eigenvalue weighted by Crippen LogP contribution is -2.29. The van der Waals surface area contributed by atoms with Crippen molar-refractivity contribution in [3.8, 4) is 5.75 Å². The molecule has 38 heavy (non-hydrogen) atoms. The Hall–Kier alpha value is -4.49. The normalized spacial score (nSPS) is 16.9. The van der Waals surface area contributed by atoms with E-state index >= 15 is 0 Å². The fourth-order valence-electron chi connectivity index (χ4n) is 3.91. The highest BCUT2D eigenvalue weighted by Gasteiger charge is 2.28. The lowest BCUT2D eigenvalue weighted by Gasteiger charge is -2.27. The number of halogens is 3. The maximum atomic E-state index is 13.8. The molecule has 0 radical (unpaired) electrons. The highest BCUT2D eigenvalue weighted by molar-refractivity contribution is 6.02. The van der Waals surface area contributed by atoms with Gasteiger partial charge in [0.2, 0.25) is 0 Å². The third-order valence-electron chi connectivity index (χ3n) is 5.78. The number of nitrogens with one attached hydrogen (secondary N) is 2. The zero-order chi connectivity index (χ0) is 27.2. The van der Waals surface area contributed by atoms with Gasteiger partial charge >= 0.3 is 23.8 Å². The van der Waals surface area contributed by atoms with Crippen LogP contribution in [0.3, 0.4) is 0 Å². The highest BCUT2D eigenvalue weighted by atomic mass is 19.2. The number of hydrogen-bond acceptors (Lipinski definition) is 10. The van der Waals surface area contributed by atoms with Crippen LogP contribution in [0.25, 0.3) is 0 Å². The topological polar surface area (TPSA) is 145 Å². The van der Waals surface area contributed by atoms with Gasteiger partial charge in [0, 0.05) is 18.2 Å². The van der Waals surface area contributed by atoms with Gasteiger partial charge in [0.1, 0.15) is 17.3 Å². The van der Waals surface area contributed by atoms with Gasteiger partial charge in [-0.3, -0.25) is 9.59 Å². The van der Waals surface area contributed by atoms with Crippen molar-refractivity contribution in [3.05, 3.63) is 58.6 Å². The molecule has 0 atom stereocenters. The largest absolute Gasteiger partial charge is 0.490 e. The summed E-state index contributed by atoms with van der Waals surface area (Å²) in [4.78, 5) is 35.8. The van der Waals surface area contributed by atoms with Crippen molar-refractivity contribution in [1.29, 1.82) is 0 Å². The number of carbonyl (C=O) groups excluding carboxylic acids is 2. The standard InChI is InChI=1S/C24H22F3N5O6/c1-2-36-23(34)12-3-5-13(6-4-12)37-14-7-8-18(20(9-14)32-35)28-21(33)22-30-31-24(38-22)29-19-11-16(26)15(25)10-17(19)27/h7-13H,2-6H2,1H3,(H,28,33)(H,29,31)/t12-,13+. The fourth-order valence-corrected chi connectivity index (χ4v) is 3.91. The van der Waals surface area contributed by atoms with E-state index in [2.05, 4.69) is 26.0 Å². The van der Waals surface area contributed by atoms with Gasteiger partial charge in [-0.2, -0.15) is 0 Å². The first-order chi connectivity index (χ1) is 18.3. The first-order valence-corrected chi connectivity index (χ1v) is 11.6. The van der Waals surface area contributed by atoms with Crippen LogP contribution in [0.4, 0.5) is 36.2 Å². The van der Waals surface area contributed by atoms with E-state index in [4.69, 9.17) is 13.9 Å². The molecule has 0 unspecified atom stereocenters. The van der Waals surface area contributed by atoms with Gasteiger partial charge in [-0.1, -0.05) is 5.10 Å². The van der Waals surface area contributed by atoms with Crippen LogP contribution in [-0.4, -0.2) is 34.8 Å². The summed E-state index contributed by atoms with van der Waals surface area (Å²) in [6.45, 7) is 2.09. The number of nitrogens with zero attached hydrogens (tertiary/aromatic N) is 3. The summed E-state index contributed by atoms with van der Waals surface area (Å²) >= 11 is 0. The molecule has 0 saturated heterocycles. The number of benzene rings is 2. The van der Waals surface area contributed by atoms with Crippen molar-refractivity contribution in [2.75, 3.05) is 17.2 Å². The SMILES string of the molecule is CCOC(=O)[C@H]1CC[C@@H](Oc2ccc(NC(=O)c3nnc(Nc4cc(F)c(F)cc4F)o3)c(N=O)c2)CC1. The van der Waals surface area contributed by atoms with Crippen LogP contribution >= 0.6 is 0 Å². The molecular formula is C24H22F3N5O6. The predicted octanol–water partition coefficient (Wildman–Crippen LogP) is 5.38. The monoisotopic (exact) mass is 533 g/mol. The van der Waals surface area contributed by atoms with E-state index < -0.39 is 41.0 Å². The minimum absolute atomic E-state index is 0.0303. The van der Waals surface area contributed by atoms with Crippen LogP contribution < -0.4 is 15.4 Å². The Morgan fingerprint density at radius 2 is 1.76 bits per heavy atom. The van der Waals surface area contributed by atoms with Crippen LogP contribution in [0, 0.1) is 28.3 Å². The van der Waals surface area contributed by atoms with Gasteiger partial charge in [0.05, 0.1) is 30.0 Å². The number of anilines is 3. The first kappa shape index (κ1) is 26.6. The Morgan fingerprint density at radius 3 is 2.47 bits per heavy atom. The molecule has 0 bridgehead atoms. The number of esters is 1. The number of ether oxygens (including phenoxy) is 2. The second-order valence-electron chi connectivity index (χ2n) is 8.35. The maximum Gasteiger partial charge on any atom is 0.320 e. The summed E-state index contributed by atoms with van der Waals surface area (Å²) in [5.41, 5.74) is -0.586. The second-order valence-corrected chi connectivity index (χ2v) is 8.35. The average molecular weight is 533 g/mol. The Labute approximate surface area is 213 Å². The minimum Gasteiger partial charge on any atom is -0.490 e. The molecule has 1 aromatic heterocycles. The second kappa shape index (κ2) is 11.7. The molecule has 14 heteroatoms. The zero-order valence-electron chi connectivity index (χ0n) is 20.0. The Morgan fingerprint density at radius 1 is 1.03 bits per heavy atom. The molecule has 1 saturated carbocycles. The molecular weight excluding hydrogens is 511 g/mol. The van der Waals surface area contributed by atoms with Gasteiger partial charge in [0.25, 0.3) is 0 Å². The number of hydrogen-bond donors (Lipinski definition) is 2. The van der Waals surface area contributed by atoms with Crippen LogP contribution in [0.15, 0.2) is 39.9 Å². The van der Waals surface area contributed by atoms with E-state index in [0.717, 1.165) is 0 Å². The lowest BCUT2D eigenvalue weighted by molar-refractivity contribution is -0.149. The molecule has 1 amide bonds. The van der Waals surface area contributed by atoms with Crippen molar-refractivity contribution >= 4 is 35.0 Å². The molecule has 1 heterocycles. The number of rotatable bonds is 9. The molecule has 0 spiro atoms. The van der Waals surface area contributed by atoms with Crippen LogP contribution in [0.2, 0.25) is 0 Å². The molecule has 11 nitrogen and oxygen atoms in total. The molecule has 1 fully saturated rings. The van der Waals surface area contributed by atoms with E-state index in [1.54, 1.807) is 6.92 Å². The molecule has 2 aromatic carbocycles. The Balaban J connectivity index is 1.36. The maximum absolute atomic E-state index is 13.8. The van der Waals surface area contributed by atoms with E-state index in [1.807, 2.05) is 0 Å². The lowest BCUT2D eigenvalue weighted by atomic mass is 9.87. The highest BCUT2D eigenvalue weighted by Crippen LogP contribution is 2.33. The quantitative estimate of drug-likeness (QED) is 0.210. The van der Waals surface area contributed by atoms with Crippen molar-refractivity contribution in [3.63, 3.8) is 0 Å². The average Bonchev–Trinajstić information content (AvgIpc) is 3.37. The van der Waals surface area contributed by atoms with Crippen molar-refractivity contribution < 1.29 is 36.7 Å². The summed E-state index contributed by atoms with van der Waals surface area (Å²) < 4.78 is 56.3. The number of nitroso groups, excluding NO2 is 1. The van der Waals surface area contributed by atoms with Crippen LogP contribution in [0.5, 0.6) is 5.75 Å². The van der Waals surface area contributed by atoms with E-state index in [1.165, 1.54) is 18.2 Å². The van der Waals surface area contributed by atoms with Crippen molar-refractivity contribution in [1.82, 2.24) is 10.2 Å². The van der Waals surface area contributed by atoms with Gasteiger partial charge < -0.3 is 24.5 Å². The Bertz CT molecular complexity index is 1340. The third kappa shape index (κ3) is 6.25. The molecule has 3 aromatic rings. The van der Waals surface area contributed by atoms with Crippen molar-refractivity contribution in [2.45, 2.75) is 38.7 Å². The fraction of sp³-hybridized carbons (Fsp3) is 0.333. The van der Waals surface area contributed by atoms with Gasteiger partial charge in [-0.15, -0.1) is 10.0 Å². The summed E-state index contributed by atoms with van der Waals surface area (Å²) in [6, 6.07) is 4.71. The molecule has 1 aliphatic carbocycles. The number of aromatic nitrogens is 2. The van der Waals surface area contributed by atoms with E-state index in [0.29, 0.717) is 50.2 Å². The molecule has 200 valence electrons. The number of amides is 1. The summed E-state index contributed by atoms with van der Waals surface area (Å²) in [7, 11) is 0. The van der Waals surface area contributed by atoms with Gasteiger partial charge in [-0.05, 0) is 49.9 Å². The van der Waals surface area contributed by atoms with E-state index in [-0.39, 0.29) is 29.4 Å². The van der Waals surface area contributed by atoms with Gasteiger partial charge in [0.15, 0.2) is 11.6 Å². The van der Waals surface area contributed by atoms with Crippen molar-refractivity contribution in [2.24, 2.45) is 11.1 Å². The smallest absolute Gasteiger partial charge is 0.320 e. The van der Waals surface area contributed by atoms with Crippen LogP contribution in [-0.2, 0) is 9.53 Å². The predicted molar refractivity (Wildman–Crippen MR) is 127 cm³/mol.